The second-order valence-electron chi connectivity index (χ2n) is 10.1. The van der Waals surface area contributed by atoms with Gasteiger partial charge in [-0.3, -0.25) is 14.2 Å². The Kier molecular flexibility index (Phi) is 6.94. The summed E-state index contributed by atoms with van der Waals surface area (Å²) < 4.78 is 4.59. The van der Waals surface area contributed by atoms with Crippen LogP contribution < -0.4 is 21.3 Å². The van der Waals surface area contributed by atoms with Gasteiger partial charge in [-0.25, -0.2) is 19.3 Å². The van der Waals surface area contributed by atoms with Gasteiger partial charge < -0.3 is 15.1 Å². The van der Waals surface area contributed by atoms with Gasteiger partial charge in [0.15, 0.2) is 11.5 Å². The molecule has 208 valence electrons. The van der Waals surface area contributed by atoms with Crippen molar-refractivity contribution >= 4 is 28.4 Å². The monoisotopic (exact) mass is 549 g/mol. The van der Waals surface area contributed by atoms with Crippen LogP contribution in [0.5, 0.6) is 0 Å². The molecule has 1 aliphatic heterocycles. The van der Waals surface area contributed by atoms with E-state index in [2.05, 4.69) is 52.8 Å². The van der Waals surface area contributed by atoms with E-state index in [4.69, 9.17) is 9.97 Å². The second-order valence-corrected chi connectivity index (χ2v) is 10.1. The molecule has 5 aromatic rings. The molecule has 0 aliphatic carbocycles. The van der Waals surface area contributed by atoms with Crippen LogP contribution >= 0.6 is 0 Å². The fraction of sp³-hybridized carbons (Fsp3) is 0.233. The minimum atomic E-state index is -0.261. The lowest BCUT2D eigenvalue weighted by Gasteiger charge is -2.35. The molecule has 0 spiro atoms. The van der Waals surface area contributed by atoms with Gasteiger partial charge >= 0.3 is 0 Å². The lowest BCUT2D eigenvalue weighted by molar-refractivity contribution is 0.312. The van der Waals surface area contributed by atoms with E-state index in [0.717, 1.165) is 37.4 Å². The lowest BCUT2D eigenvalue weighted by Crippen LogP contribution is -2.44. The molecule has 0 amide bonds. The number of likely N-dealkylation sites (N-methyl/N-ethyl adjacent to an activating group) is 1. The molecular weight excluding hydrogens is 518 g/mol. The number of hydrogen-bond donors (Lipinski definition) is 1. The smallest absolute Gasteiger partial charge is 0.278 e. The number of benzene rings is 1. The van der Waals surface area contributed by atoms with E-state index in [0.29, 0.717) is 28.6 Å². The molecule has 5 heterocycles. The third-order valence-corrected chi connectivity index (χ3v) is 7.28. The van der Waals surface area contributed by atoms with Gasteiger partial charge in [0, 0.05) is 56.0 Å². The van der Waals surface area contributed by atoms with Gasteiger partial charge in [0.2, 0.25) is 5.95 Å². The summed E-state index contributed by atoms with van der Waals surface area (Å²) >= 11 is 0. The van der Waals surface area contributed by atoms with Crippen molar-refractivity contribution in [3.8, 4) is 11.6 Å². The van der Waals surface area contributed by atoms with Gasteiger partial charge in [0.25, 0.3) is 11.1 Å². The van der Waals surface area contributed by atoms with Gasteiger partial charge in [-0.15, -0.1) is 6.58 Å². The molecule has 1 saturated heterocycles. The number of aromatic nitrogens is 6. The summed E-state index contributed by atoms with van der Waals surface area (Å²) in [7, 11) is 2.15. The highest BCUT2D eigenvalue weighted by Crippen LogP contribution is 2.26. The summed E-state index contributed by atoms with van der Waals surface area (Å²) in [6.45, 7) is 10.2. The normalized spacial score (nSPS) is 14.0. The summed E-state index contributed by atoms with van der Waals surface area (Å²) in [5.41, 5.74) is 3.15. The number of nitrogens with zero attached hydrogens (tertiary/aromatic N) is 8. The Morgan fingerprint density at radius 2 is 1.78 bits per heavy atom. The van der Waals surface area contributed by atoms with Crippen molar-refractivity contribution in [2.24, 2.45) is 0 Å². The van der Waals surface area contributed by atoms with Crippen molar-refractivity contribution in [2.75, 3.05) is 43.4 Å². The second kappa shape index (κ2) is 10.9. The van der Waals surface area contributed by atoms with Crippen LogP contribution in [0.4, 0.5) is 17.3 Å². The molecule has 1 aliphatic rings. The first-order valence-electron chi connectivity index (χ1n) is 13.5. The summed E-state index contributed by atoms with van der Waals surface area (Å²) in [6, 6.07) is 16.4. The zero-order valence-electron chi connectivity index (χ0n) is 23.1. The van der Waals surface area contributed by atoms with Crippen LogP contribution in [0.25, 0.3) is 22.7 Å². The molecule has 11 heteroatoms. The van der Waals surface area contributed by atoms with Gasteiger partial charge in [-0.2, -0.15) is 4.98 Å². The third kappa shape index (κ3) is 5.03. The van der Waals surface area contributed by atoms with Crippen LogP contribution in [0.3, 0.4) is 0 Å². The van der Waals surface area contributed by atoms with Crippen LogP contribution in [0.1, 0.15) is 5.56 Å². The number of rotatable bonds is 7. The molecule has 11 nitrogen and oxygen atoms in total. The summed E-state index contributed by atoms with van der Waals surface area (Å²) in [4.78, 5) is 44.4. The average molecular weight is 550 g/mol. The zero-order chi connectivity index (χ0) is 28.5. The van der Waals surface area contributed by atoms with Crippen LogP contribution in [-0.4, -0.2) is 67.0 Å². The maximum Gasteiger partial charge on any atom is 0.278 e. The number of nitrogens with one attached hydrogen (secondary N) is 1. The van der Waals surface area contributed by atoms with E-state index in [1.807, 2.05) is 6.07 Å². The predicted octanol–water partition coefficient (Wildman–Crippen LogP) is 3.12. The fourth-order valence-corrected chi connectivity index (χ4v) is 5.15. The molecule has 0 unspecified atom stereocenters. The van der Waals surface area contributed by atoms with Crippen LogP contribution in [0.2, 0.25) is 0 Å². The fourth-order valence-electron chi connectivity index (χ4n) is 5.15. The van der Waals surface area contributed by atoms with Crippen molar-refractivity contribution in [1.82, 2.24) is 33.8 Å². The molecule has 41 heavy (non-hydrogen) atoms. The minimum absolute atomic E-state index is 0.208. The quantitative estimate of drug-likeness (QED) is 0.309. The highest BCUT2D eigenvalue weighted by Gasteiger charge is 2.19. The number of pyridine rings is 2. The molecule has 0 saturated carbocycles. The number of piperazine rings is 1. The Labute approximate surface area is 236 Å². The minimum Gasteiger partial charge on any atom is -0.369 e. The van der Waals surface area contributed by atoms with E-state index >= 15 is 0 Å². The maximum atomic E-state index is 13.3. The van der Waals surface area contributed by atoms with Gasteiger partial charge in [0.05, 0.1) is 6.54 Å². The number of anilines is 3. The standard InChI is InChI=1S/C30H31N9O2/c1-4-13-38-29(41)23-20-31-30(32-22-11-12-24(21(2)19-22)36-17-15-35(3)16-18-36)34-28(23)39(38)26-9-7-8-25(33-26)37-14-6-5-10-27(37)40/h4-12,14,19-20H,1,13,15-18H2,2-3H3,(H,31,32,34). The average Bonchev–Trinajstić information content (AvgIpc) is 3.25. The van der Waals surface area contributed by atoms with E-state index in [1.54, 1.807) is 47.3 Å². The topological polar surface area (TPSA) is 106 Å². The number of allylic oxidation sites excluding steroid dienone is 1. The molecule has 1 aromatic carbocycles. The van der Waals surface area contributed by atoms with E-state index in [-0.39, 0.29) is 17.7 Å². The van der Waals surface area contributed by atoms with E-state index in [9.17, 15) is 9.59 Å². The molecule has 4 aromatic heterocycles. The van der Waals surface area contributed by atoms with Crippen molar-refractivity contribution < 1.29 is 0 Å². The third-order valence-electron chi connectivity index (χ3n) is 7.28. The summed E-state index contributed by atoms with van der Waals surface area (Å²) in [6.07, 6.45) is 4.82. The Bertz CT molecular complexity index is 1860. The molecule has 0 radical (unpaired) electrons. The van der Waals surface area contributed by atoms with Crippen LogP contribution in [-0.2, 0) is 6.54 Å². The van der Waals surface area contributed by atoms with Crippen LogP contribution in [0, 0.1) is 6.92 Å². The summed E-state index contributed by atoms with van der Waals surface area (Å²) in [5, 5.41) is 3.65. The van der Waals surface area contributed by atoms with Crippen molar-refractivity contribution in [2.45, 2.75) is 13.5 Å². The van der Waals surface area contributed by atoms with E-state index < -0.39 is 0 Å². The van der Waals surface area contributed by atoms with Crippen molar-refractivity contribution in [1.29, 1.82) is 0 Å². The van der Waals surface area contributed by atoms with Gasteiger partial charge in [-0.05, 0) is 55.9 Å². The Morgan fingerprint density at radius 1 is 0.976 bits per heavy atom. The number of fused-ring (bicyclic) bond motifs is 1. The maximum absolute atomic E-state index is 13.3. The molecule has 1 fully saturated rings. The predicted molar refractivity (Wildman–Crippen MR) is 161 cm³/mol. The van der Waals surface area contributed by atoms with Crippen LogP contribution in [0.15, 0.2) is 89.2 Å². The van der Waals surface area contributed by atoms with Crippen molar-refractivity contribution in [3.05, 3.63) is 106 Å². The number of aryl methyl sites for hydroxylation is 1. The lowest BCUT2D eigenvalue weighted by atomic mass is 10.1. The molecule has 0 bridgehead atoms. The Hall–Kier alpha value is -5.03. The largest absolute Gasteiger partial charge is 0.369 e. The Balaban J connectivity index is 1.38. The summed E-state index contributed by atoms with van der Waals surface area (Å²) in [5.74, 6) is 1.21. The Morgan fingerprint density at radius 3 is 2.54 bits per heavy atom. The first-order chi connectivity index (χ1) is 19.9. The van der Waals surface area contributed by atoms with Crippen molar-refractivity contribution in [3.63, 3.8) is 0 Å². The highest BCUT2D eigenvalue weighted by molar-refractivity contribution is 5.77. The van der Waals surface area contributed by atoms with E-state index in [1.165, 1.54) is 27.2 Å². The number of hydrogen-bond acceptors (Lipinski definition) is 8. The SMILES string of the molecule is C=CCn1c(=O)c2cnc(Nc3ccc(N4CCN(C)CC4)c(C)c3)nc2n1-c1cccc(-n2ccccc2=O)n1. The first-order valence-corrected chi connectivity index (χ1v) is 13.5. The molecular formula is C30H31N9O2. The van der Waals surface area contributed by atoms with Gasteiger partial charge in [-0.1, -0.05) is 18.2 Å². The van der Waals surface area contributed by atoms with Gasteiger partial charge in [0.1, 0.15) is 11.2 Å². The molecule has 1 N–H and O–H groups in total. The highest BCUT2D eigenvalue weighted by atomic mass is 16.1. The molecule has 0 atom stereocenters. The first kappa shape index (κ1) is 26.2. The molecule has 6 rings (SSSR count). The zero-order valence-corrected chi connectivity index (χ0v) is 23.1.